The number of hydrogen-bond acceptors (Lipinski definition) is 4. The van der Waals surface area contributed by atoms with Crippen LogP contribution in [0.4, 0.5) is 0 Å². The molecular formula is C12H16BrNO4S. The van der Waals surface area contributed by atoms with Crippen LogP contribution in [0.2, 0.25) is 0 Å². The fourth-order valence-corrected chi connectivity index (χ4v) is 4.70. The van der Waals surface area contributed by atoms with Crippen molar-refractivity contribution in [1.29, 1.82) is 0 Å². The molecule has 106 valence electrons. The van der Waals surface area contributed by atoms with E-state index >= 15 is 0 Å². The second-order valence-corrected chi connectivity index (χ2v) is 7.93. The number of aliphatic hydroxyl groups is 1. The van der Waals surface area contributed by atoms with Gasteiger partial charge in [0.1, 0.15) is 17.3 Å². The smallest absolute Gasteiger partial charge is 0.244 e. The van der Waals surface area contributed by atoms with Gasteiger partial charge in [-0.3, -0.25) is 0 Å². The molecule has 0 saturated heterocycles. The summed E-state index contributed by atoms with van der Waals surface area (Å²) in [6.07, 6.45) is 4.70. The van der Waals surface area contributed by atoms with E-state index in [1.54, 1.807) is 0 Å². The first kappa shape index (κ1) is 13.6. The summed E-state index contributed by atoms with van der Waals surface area (Å²) < 4.78 is 32.4. The van der Waals surface area contributed by atoms with Gasteiger partial charge in [0.15, 0.2) is 4.67 Å². The van der Waals surface area contributed by atoms with E-state index in [9.17, 15) is 8.42 Å². The Kier molecular flexibility index (Phi) is 3.28. The first-order valence-electron chi connectivity index (χ1n) is 6.36. The van der Waals surface area contributed by atoms with Crippen molar-refractivity contribution in [2.24, 2.45) is 11.3 Å². The van der Waals surface area contributed by atoms with Gasteiger partial charge in [0, 0.05) is 12.6 Å². The monoisotopic (exact) mass is 349 g/mol. The number of rotatable bonds is 6. The molecule has 3 rings (SSSR count). The third-order valence-corrected chi connectivity index (χ3v) is 6.36. The summed E-state index contributed by atoms with van der Waals surface area (Å²) in [4.78, 5) is 0.0585. The number of sulfonamides is 1. The lowest BCUT2D eigenvalue weighted by atomic mass is 10.0. The number of aliphatic hydroxyl groups excluding tert-OH is 1. The van der Waals surface area contributed by atoms with E-state index in [4.69, 9.17) is 9.52 Å². The van der Waals surface area contributed by atoms with Gasteiger partial charge in [0.2, 0.25) is 10.0 Å². The zero-order valence-corrected chi connectivity index (χ0v) is 12.8. The first-order chi connectivity index (χ1) is 8.97. The molecule has 7 heteroatoms. The molecule has 0 aromatic carbocycles. The van der Waals surface area contributed by atoms with Crippen LogP contribution in [0.25, 0.3) is 0 Å². The van der Waals surface area contributed by atoms with E-state index in [-0.39, 0.29) is 27.3 Å². The lowest BCUT2D eigenvalue weighted by molar-refractivity contribution is 0.245. The van der Waals surface area contributed by atoms with Crippen LogP contribution < -0.4 is 4.72 Å². The Morgan fingerprint density at radius 2 is 2.16 bits per heavy atom. The van der Waals surface area contributed by atoms with E-state index in [1.807, 2.05) is 0 Å². The van der Waals surface area contributed by atoms with E-state index in [1.165, 1.54) is 18.9 Å². The summed E-state index contributed by atoms with van der Waals surface area (Å²) in [7, 11) is -3.58. The van der Waals surface area contributed by atoms with Crippen molar-refractivity contribution in [3.63, 3.8) is 0 Å². The van der Waals surface area contributed by atoms with Gasteiger partial charge in [0.05, 0.1) is 0 Å². The molecule has 0 bridgehead atoms. The topological polar surface area (TPSA) is 79.5 Å². The van der Waals surface area contributed by atoms with Crippen LogP contribution in [0.3, 0.4) is 0 Å². The van der Waals surface area contributed by atoms with Gasteiger partial charge in [-0.05, 0) is 52.9 Å². The van der Waals surface area contributed by atoms with Crippen molar-refractivity contribution >= 4 is 26.0 Å². The van der Waals surface area contributed by atoms with Crippen molar-refractivity contribution in [3.8, 4) is 0 Å². The third kappa shape index (κ3) is 2.61. The number of nitrogens with one attached hydrogen (secondary N) is 1. The summed E-state index contributed by atoms with van der Waals surface area (Å²) in [5.41, 5.74) is 0.211. The molecule has 5 nitrogen and oxygen atoms in total. The highest BCUT2D eigenvalue weighted by molar-refractivity contribution is 9.10. The van der Waals surface area contributed by atoms with Crippen LogP contribution in [-0.4, -0.2) is 20.1 Å². The first-order valence-corrected chi connectivity index (χ1v) is 8.63. The molecule has 1 aromatic heterocycles. The fourth-order valence-electron chi connectivity index (χ4n) is 2.56. The van der Waals surface area contributed by atoms with Crippen LogP contribution in [0.15, 0.2) is 20.0 Å². The molecule has 2 aliphatic rings. The van der Waals surface area contributed by atoms with E-state index in [2.05, 4.69) is 20.7 Å². The van der Waals surface area contributed by atoms with E-state index in [0.29, 0.717) is 12.5 Å². The highest BCUT2D eigenvalue weighted by Crippen LogP contribution is 2.60. The van der Waals surface area contributed by atoms with Crippen LogP contribution in [-0.2, 0) is 16.6 Å². The number of hydrogen-bond donors (Lipinski definition) is 2. The van der Waals surface area contributed by atoms with Crippen LogP contribution in [0.1, 0.15) is 31.4 Å². The molecule has 0 amide bonds. The Morgan fingerprint density at radius 3 is 2.63 bits per heavy atom. The Balaban J connectivity index is 1.73. The van der Waals surface area contributed by atoms with Crippen molar-refractivity contribution < 1.29 is 17.9 Å². The second kappa shape index (κ2) is 4.58. The van der Waals surface area contributed by atoms with Crippen LogP contribution in [0, 0.1) is 11.3 Å². The molecule has 19 heavy (non-hydrogen) atoms. The Morgan fingerprint density at radius 1 is 1.47 bits per heavy atom. The van der Waals surface area contributed by atoms with Gasteiger partial charge >= 0.3 is 0 Å². The van der Waals surface area contributed by atoms with Gasteiger partial charge in [-0.15, -0.1) is 0 Å². The molecule has 0 spiro atoms. The highest BCUT2D eigenvalue weighted by atomic mass is 79.9. The summed E-state index contributed by atoms with van der Waals surface area (Å²) >= 11 is 3.07. The third-order valence-electron chi connectivity index (χ3n) is 4.10. The molecule has 1 heterocycles. The van der Waals surface area contributed by atoms with Crippen molar-refractivity contribution in [2.75, 3.05) is 6.54 Å². The average molecular weight is 350 g/mol. The van der Waals surface area contributed by atoms with Gasteiger partial charge in [-0.2, -0.15) is 0 Å². The normalized spacial score (nSPS) is 21.6. The summed E-state index contributed by atoms with van der Waals surface area (Å²) in [6, 6.07) is 1.35. The van der Waals surface area contributed by atoms with E-state index in [0.717, 1.165) is 12.8 Å². The molecule has 0 unspecified atom stereocenters. The standard InChI is InChI=1S/C12H16BrNO4S/c13-11-10(5-9(6-15)18-11)19(16,17)14-7-12(3-4-12)8-1-2-8/h5,8,14-15H,1-4,6-7H2. The maximum Gasteiger partial charge on any atom is 0.244 e. The minimum atomic E-state index is -3.58. The largest absolute Gasteiger partial charge is 0.450 e. The molecule has 0 aliphatic heterocycles. The second-order valence-electron chi connectivity index (χ2n) is 5.47. The SMILES string of the molecule is O=S(=O)(NCC1(C2CC2)CC1)c1cc(CO)oc1Br. The lowest BCUT2D eigenvalue weighted by Gasteiger charge is -2.14. The Bertz CT molecular complexity index is 587. The van der Waals surface area contributed by atoms with Crippen molar-refractivity contribution in [1.82, 2.24) is 4.72 Å². The van der Waals surface area contributed by atoms with Crippen LogP contribution >= 0.6 is 15.9 Å². The number of halogens is 1. The lowest BCUT2D eigenvalue weighted by Crippen LogP contribution is -2.31. The van der Waals surface area contributed by atoms with Crippen molar-refractivity contribution in [3.05, 3.63) is 16.5 Å². The highest BCUT2D eigenvalue weighted by Gasteiger charge is 2.53. The predicted molar refractivity (Wildman–Crippen MR) is 71.9 cm³/mol. The van der Waals surface area contributed by atoms with Gasteiger partial charge < -0.3 is 9.52 Å². The summed E-state index contributed by atoms with van der Waals surface area (Å²) in [5, 5.41) is 8.96. The predicted octanol–water partition coefficient (Wildman–Crippen LogP) is 2.00. The maximum atomic E-state index is 12.2. The van der Waals surface area contributed by atoms with E-state index < -0.39 is 10.0 Å². The average Bonchev–Trinajstić information content (AvgIpc) is 3.24. The Labute approximate surface area is 120 Å². The molecule has 0 atom stereocenters. The van der Waals surface area contributed by atoms with Gasteiger partial charge in [0.25, 0.3) is 0 Å². The molecule has 0 radical (unpaired) electrons. The minimum absolute atomic E-state index is 0.0585. The van der Waals surface area contributed by atoms with Gasteiger partial charge in [-0.25, -0.2) is 13.1 Å². The zero-order chi connectivity index (χ0) is 13.7. The Hall–Kier alpha value is -0.370. The molecular weight excluding hydrogens is 334 g/mol. The maximum absolute atomic E-state index is 12.2. The molecule has 2 aliphatic carbocycles. The summed E-state index contributed by atoms with van der Waals surface area (Å²) in [5.74, 6) is 0.937. The number of furan rings is 1. The van der Waals surface area contributed by atoms with Gasteiger partial charge in [-0.1, -0.05) is 0 Å². The summed E-state index contributed by atoms with van der Waals surface area (Å²) in [6.45, 7) is 0.187. The quantitative estimate of drug-likeness (QED) is 0.823. The molecule has 2 N–H and O–H groups in total. The minimum Gasteiger partial charge on any atom is -0.450 e. The molecule has 2 saturated carbocycles. The zero-order valence-electron chi connectivity index (χ0n) is 10.4. The van der Waals surface area contributed by atoms with Crippen LogP contribution in [0.5, 0.6) is 0 Å². The fraction of sp³-hybridized carbons (Fsp3) is 0.667. The van der Waals surface area contributed by atoms with Crippen molar-refractivity contribution in [2.45, 2.75) is 37.2 Å². The molecule has 1 aromatic rings. The molecule has 2 fully saturated rings.